The lowest BCUT2D eigenvalue weighted by molar-refractivity contribution is -0.135. The zero-order chi connectivity index (χ0) is 18.1. The van der Waals surface area contributed by atoms with Crippen LogP contribution in [0.1, 0.15) is 35.6 Å². The molecule has 0 aliphatic carbocycles. The second-order valence-corrected chi connectivity index (χ2v) is 7.39. The molecule has 4 rings (SSSR count). The largest absolute Gasteiger partial charge is 0.341 e. The van der Waals surface area contributed by atoms with Crippen LogP contribution in [-0.2, 0) is 4.79 Å². The van der Waals surface area contributed by atoms with E-state index in [1.807, 2.05) is 41.5 Å². The Morgan fingerprint density at radius 3 is 2.73 bits per heavy atom. The van der Waals surface area contributed by atoms with Gasteiger partial charge in [-0.25, -0.2) is 9.67 Å². The molecule has 0 spiro atoms. The van der Waals surface area contributed by atoms with E-state index in [0.717, 1.165) is 11.0 Å². The molecule has 26 heavy (non-hydrogen) atoms. The maximum Gasteiger partial charge on any atom is 0.247 e. The molecule has 0 bridgehead atoms. The van der Waals surface area contributed by atoms with E-state index in [0.29, 0.717) is 30.9 Å². The molecule has 7 nitrogen and oxygen atoms in total. The SMILES string of the molecule is C[C@@H](C(=O)N1CCC(C(=O)c2nccs2)CC1)n1nnc2ccccc21. The van der Waals surface area contributed by atoms with Gasteiger partial charge in [-0.1, -0.05) is 17.3 Å². The zero-order valence-electron chi connectivity index (χ0n) is 14.4. The van der Waals surface area contributed by atoms with Crippen molar-refractivity contribution in [2.45, 2.75) is 25.8 Å². The molecule has 1 amide bonds. The van der Waals surface area contributed by atoms with E-state index in [9.17, 15) is 9.59 Å². The predicted molar refractivity (Wildman–Crippen MR) is 98.0 cm³/mol. The molecule has 1 atom stereocenters. The number of ketones is 1. The van der Waals surface area contributed by atoms with Crippen LogP contribution in [0, 0.1) is 5.92 Å². The Morgan fingerprint density at radius 2 is 2.00 bits per heavy atom. The van der Waals surface area contributed by atoms with E-state index >= 15 is 0 Å². The smallest absolute Gasteiger partial charge is 0.247 e. The number of benzene rings is 1. The van der Waals surface area contributed by atoms with Crippen molar-refractivity contribution >= 4 is 34.1 Å². The summed E-state index contributed by atoms with van der Waals surface area (Å²) in [5.41, 5.74) is 1.63. The van der Waals surface area contributed by atoms with Crippen molar-refractivity contribution in [2.24, 2.45) is 5.92 Å². The Balaban J connectivity index is 1.42. The average Bonchev–Trinajstić information content (AvgIpc) is 3.36. The number of rotatable bonds is 4. The highest BCUT2D eigenvalue weighted by Gasteiger charge is 2.31. The van der Waals surface area contributed by atoms with Gasteiger partial charge in [-0.3, -0.25) is 9.59 Å². The maximum absolute atomic E-state index is 12.9. The topological polar surface area (TPSA) is 81.0 Å². The number of carbonyl (C=O) groups is 2. The Kier molecular flexibility index (Phi) is 4.50. The zero-order valence-corrected chi connectivity index (χ0v) is 15.2. The third-order valence-electron chi connectivity index (χ3n) is 4.92. The number of aromatic nitrogens is 4. The van der Waals surface area contributed by atoms with Gasteiger partial charge in [-0.15, -0.1) is 16.4 Å². The molecule has 1 aliphatic rings. The molecule has 1 saturated heterocycles. The minimum Gasteiger partial charge on any atom is -0.341 e. The molecule has 0 saturated carbocycles. The minimum absolute atomic E-state index is 0.0146. The van der Waals surface area contributed by atoms with Gasteiger partial charge >= 0.3 is 0 Å². The van der Waals surface area contributed by atoms with Gasteiger partial charge in [0.05, 0.1) is 5.52 Å². The number of likely N-dealkylation sites (tertiary alicyclic amines) is 1. The highest BCUT2D eigenvalue weighted by molar-refractivity contribution is 7.11. The number of hydrogen-bond donors (Lipinski definition) is 0. The second kappa shape index (κ2) is 6.95. The summed E-state index contributed by atoms with van der Waals surface area (Å²) in [5, 5.41) is 10.7. The fourth-order valence-electron chi connectivity index (χ4n) is 3.42. The Morgan fingerprint density at radius 1 is 1.23 bits per heavy atom. The van der Waals surface area contributed by atoms with Gasteiger partial charge in [-0.2, -0.15) is 0 Å². The number of Topliss-reactive ketones (excluding diaryl/α,β-unsaturated/α-hetero) is 1. The Labute approximate surface area is 154 Å². The lowest BCUT2D eigenvalue weighted by Crippen LogP contribution is -2.43. The van der Waals surface area contributed by atoms with Crippen LogP contribution in [0.4, 0.5) is 0 Å². The third-order valence-corrected chi connectivity index (χ3v) is 5.71. The van der Waals surface area contributed by atoms with E-state index in [1.54, 1.807) is 10.9 Å². The maximum atomic E-state index is 12.9. The van der Waals surface area contributed by atoms with Gasteiger partial charge in [0.25, 0.3) is 0 Å². The monoisotopic (exact) mass is 369 g/mol. The molecule has 134 valence electrons. The fraction of sp³-hybridized carbons (Fsp3) is 0.389. The first-order valence-electron chi connectivity index (χ1n) is 8.67. The van der Waals surface area contributed by atoms with E-state index in [2.05, 4.69) is 15.3 Å². The summed E-state index contributed by atoms with van der Waals surface area (Å²) in [6.45, 7) is 3.01. The molecule has 3 heterocycles. The van der Waals surface area contributed by atoms with Gasteiger partial charge in [-0.05, 0) is 31.9 Å². The Bertz CT molecular complexity index is 928. The van der Waals surface area contributed by atoms with Crippen molar-refractivity contribution in [1.29, 1.82) is 0 Å². The number of fused-ring (bicyclic) bond motifs is 1. The number of para-hydroxylation sites is 1. The Hall–Kier alpha value is -2.61. The molecular formula is C18H19N5O2S. The molecular weight excluding hydrogens is 350 g/mol. The number of hydrogen-bond acceptors (Lipinski definition) is 6. The van der Waals surface area contributed by atoms with Gasteiger partial charge in [0.2, 0.25) is 5.91 Å². The van der Waals surface area contributed by atoms with Gasteiger partial charge in [0.15, 0.2) is 10.8 Å². The summed E-state index contributed by atoms with van der Waals surface area (Å²) in [6, 6.07) is 7.19. The molecule has 0 radical (unpaired) electrons. The molecule has 3 aromatic rings. The third kappa shape index (κ3) is 3.01. The number of amides is 1. The van der Waals surface area contributed by atoms with E-state index in [1.165, 1.54) is 11.3 Å². The molecule has 8 heteroatoms. The molecule has 1 aliphatic heterocycles. The first-order valence-corrected chi connectivity index (χ1v) is 9.55. The first-order chi connectivity index (χ1) is 12.6. The van der Waals surface area contributed by atoms with Crippen molar-refractivity contribution in [1.82, 2.24) is 24.9 Å². The summed E-state index contributed by atoms with van der Waals surface area (Å²) < 4.78 is 1.67. The summed E-state index contributed by atoms with van der Waals surface area (Å²) in [7, 11) is 0. The predicted octanol–water partition coefficient (Wildman–Crippen LogP) is 2.57. The minimum atomic E-state index is -0.423. The molecule has 2 aromatic heterocycles. The molecule has 0 unspecified atom stereocenters. The molecule has 0 N–H and O–H groups in total. The standard InChI is InChI=1S/C18H19N5O2S/c1-12(23-15-5-3-2-4-14(15)20-21-23)18(25)22-9-6-13(7-10-22)16(24)17-19-8-11-26-17/h2-5,8,11-13H,6-7,9-10H2,1H3/t12-/m0/s1. The van der Waals surface area contributed by atoms with Crippen LogP contribution < -0.4 is 0 Å². The lowest BCUT2D eigenvalue weighted by atomic mass is 9.92. The number of piperidine rings is 1. The summed E-state index contributed by atoms with van der Waals surface area (Å²) in [5.74, 6) is 0.0657. The van der Waals surface area contributed by atoms with Crippen LogP contribution >= 0.6 is 11.3 Å². The number of thiazole rings is 1. The first kappa shape index (κ1) is 16.8. The number of carbonyl (C=O) groups excluding carboxylic acids is 2. The van der Waals surface area contributed by atoms with Crippen molar-refractivity contribution in [3.05, 3.63) is 40.8 Å². The van der Waals surface area contributed by atoms with Gasteiger partial charge in [0.1, 0.15) is 11.6 Å². The van der Waals surface area contributed by atoms with E-state index in [-0.39, 0.29) is 17.6 Å². The van der Waals surface area contributed by atoms with Gasteiger partial charge < -0.3 is 4.90 Å². The summed E-state index contributed by atoms with van der Waals surface area (Å²) in [4.78, 5) is 31.2. The van der Waals surface area contributed by atoms with Crippen LogP contribution in [0.25, 0.3) is 11.0 Å². The van der Waals surface area contributed by atoms with Crippen molar-refractivity contribution in [2.75, 3.05) is 13.1 Å². The number of nitrogens with zero attached hydrogens (tertiary/aromatic N) is 5. The van der Waals surface area contributed by atoms with Crippen molar-refractivity contribution in [3.63, 3.8) is 0 Å². The van der Waals surface area contributed by atoms with E-state index in [4.69, 9.17) is 0 Å². The summed E-state index contributed by atoms with van der Waals surface area (Å²) >= 11 is 1.38. The van der Waals surface area contributed by atoms with Crippen LogP contribution in [-0.4, -0.2) is 49.7 Å². The molecule has 1 fully saturated rings. The van der Waals surface area contributed by atoms with Crippen LogP contribution in [0.2, 0.25) is 0 Å². The van der Waals surface area contributed by atoms with Gasteiger partial charge in [0, 0.05) is 30.6 Å². The normalized spacial score (nSPS) is 16.7. The molecule has 1 aromatic carbocycles. The van der Waals surface area contributed by atoms with Crippen molar-refractivity contribution in [3.8, 4) is 0 Å². The van der Waals surface area contributed by atoms with E-state index < -0.39 is 6.04 Å². The highest BCUT2D eigenvalue weighted by atomic mass is 32.1. The van der Waals surface area contributed by atoms with Crippen LogP contribution in [0.3, 0.4) is 0 Å². The van der Waals surface area contributed by atoms with Crippen LogP contribution in [0.5, 0.6) is 0 Å². The fourth-order valence-corrected chi connectivity index (χ4v) is 4.08. The quantitative estimate of drug-likeness (QED) is 0.660. The lowest BCUT2D eigenvalue weighted by Gasteiger charge is -2.32. The van der Waals surface area contributed by atoms with Crippen LogP contribution in [0.15, 0.2) is 35.8 Å². The van der Waals surface area contributed by atoms with Crippen molar-refractivity contribution < 1.29 is 9.59 Å². The second-order valence-electron chi connectivity index (χ2n) is 6.50. The summed E-state index contributed by atoms with van der Waals surface area (Å²) in [6.07, 6.45) is 3.00. The highest BCUT2D eigenvalue weighted by Crippen LogP contribution is 2.25. The average molecular weight is 369 g/mol.